The van der Waals surface area contributed by atoms with E-state index in [1.54, 1.807) is 18.2 Å². The molecule has 0 saturated carbocycles. The highest BCUT2D eigenvalue weighted by Crippen LogP contribution is 2.27. The zero-order valence-electron chi connectivity index (χ0n) is 14.0. The van der Waals surface area contributed by atoms with Crippen molar-refractivity contribution in [2.75, 3.05) is 19.7 Å². The first kappa shape index (κ1) is 17.0. The third kappa shape index (κ3) is 3.47. The molecular formula is C17H23N3O3S. The Morgan fingerprint density at radius 2 is 1.88 bits per heavy atom. The second-order valence-corrected chi connectivity index (χ2v) is 8.11. The number of para-hydroxylation sites is 1. The van der Waals surface area contributed by atoms with Gasteiger partial charge < -0.3 is 4.74 Å². The Labute approximate surface area is 142 Å². The highest BCUT2D eigenvalue weighted by molar-refractivity contribution is 7.89. The molecule has 1 fully saturated rings. The lowest BCUT2D eigenvalue weighted by atomic mass is 9.99. The monoisotopic (exact) mass is 349 g/mol. The number of sulfonamides is 1. The highest BCUT2D eigenvalue weighted by Gasteiger charge is 2.32. The molecule has 130 valence electrons. The summed E-state index contributed by atoms with van der Waals surface area (Å²) in [5.41, 5.74) is 1.13. The third-order valence-corrected chi connectivity index (χ3v) is 6.62. The van der Waals surface area contributed by atoms with Crippen LogP contribution in [0.4, 0.5) is 0 Å². The molecule has 1 saturated heterocycles. The number of H-pyrrole nitrogens is 1. The fourth-order valence-corrected chi connectivity index (χ4v) is 4.90. The normalized spacial score (nSPS) is 17.1. The van der Waals surface area contributed by atoms with E-state index in [1.165, 1.54) is 0 Å². The Hall–Kier alpha value is -1.86. The summed E-state index contributed by atoms with van der Waals surface area (Å²) in [4.78, 5) is 0.321. The van der Waals surface area contributed by atoms with E-state index in [0.717, 1.165) is 18.6 Å². The van der Waals surface area contributed by atoms with Crippen LogP contribution < -0.4 is 4.74 Å². The van der Waals surface area contributed by atoms with Crippen LogP contribution in [0.3, 0.4) is 0 Å². The van der Waals surface area contributed by atoms with E-state index < -0.39 is 10.0 Å². The largest absolute Gasteiger partial charge is 0.493 e. The van der Waals surface area contributed by atoms with Crippen LogP contribution in [0.2, 0.25) is 0 Å². The number of aryl methyl sites for hydroxylation is 2. The van der Waals surface area contributed by atoms with Crippen molar-refractivity contribution in [3.63, 3.8) is 0 Å². The van der Waals surface area contributed by atoms with Crippen LogP contribution in [-0.4, -0.2) is 42.6 Å². The van der Waals surface area contributed by atoms with Gasteiger partial charge in [0.2, 0.25) is 10.0 Å². The summed E-state index contributed by atoms with van der Waals surface area (Å²) in [6.45, 7) is 5.14. The minimum Gasteiger partial charge on any atom is -0.493 e. The van der Waals surface area contributed by atoms with E-state index in [1.807, 2.05) is 30.3 Å². The second kappa shape index (κ2) is 6.94. The molecule has 0 aliphatic carbocycles. The van der Waals surface area contributed by atoms with E-state index in [9.17, 15) is 8.42 Å². The molecule has 0 amide bonds. The van der Waals surface area contributed by atoms with Gasteiger partial charge in [-0.25, -0.2) is 8.42 Å². The van der Waals surface area contributed by atoms with Crippen LogP contribution in [0.25, 0.3) is 0 Å². The minimum atomic E-state index is -3.47. The fourth-order valence-electron chi connectivity index (χ4n) is 3.10. The molecule has 0 atom stereocenters. The van der Waals surface area contributed by atoms with Crippen molar-refractivity contribution in [2.24, 2.45) is 5.92 Å². The van der Waals surface area contributed by atoms with E-state index in [0.29, 0.717) is 41.9 Å². The van der Waals surface area contributed by atoms with Gasteiger partial charge in [-0.05, 0) is 44.7 Å². The number of hydrogen-bond donors (Lipinski definition) is 1. The fraction of sp³-hybridized carbons (Fsp3) is 0.471. The predicted molar refractivity (Wildman–Crippen MR) is 91.5 cm³/mol. The first-order valence-electron chi connectivity index (χ1n) is 8.18. The number of aromatic amines is 1. The lowest BCUT2D eigenvalue weighted by Crippen LogP contribution is -2.40. The van der Waals surface area contributed by atoms with Crippen molar-refractivity contribution < 1.29 is 13.2 Å². The van der Waals surface area contributed by atoms with Crippen LogP contribution in [0, 0.1) is 19.8 Å². The summed E-state index contributed by atoms with van der Waals surface area (Å²) in [6.07, 6.45) is 1.62. The van der Waals surface area contributed by atoms with Crippen molar-refractivity contribution in [1.29, 1.82) is 0 Å². The molecule has 1 N–H and O–H groups in total. The van der Waals surface area contributed by atoms with Crippen LogP contribution in [0.15, 0.2) is 35.2 Å². The van der Waals surface area contributed by atoms with Gasteiger partial charge in [0.1, 0.15) is 10.6 Å². The molecule has 0 radical (unpaired) electrons. The van der Waals surface area contributed by atoms with Crippen molar-refractivity contribution in [1.82, 2.24) is 14.5 Å². The topological polar surface area (TPSA) is 75.3 Å². The number of ether oxygens (including phenoxy) is 1. The average Bonchev–Trinajstić information content (AvgIpc) is 2.93. The van der Waals surface area contributed by atoms with Gasteiger partial charge in [0.15, 0.2) is 0 Å². The molecule has 24 heavy (non-hydrogen) atoms. The van der Waals surface area contributed by atoms with Gasteiger partial charge in [0, 0.05) is 13.1 Å². The molecule has 1 aliphatic rings. The first-order valence-corrected chi connectivity index (χ1v) is 9.62. The SMILES string of the molecule is Cc1n[nH]c(C)c1S(=O)(=O)N1CCC(COc2ccccc2)CC1. The van der Waals surface area contributed by atoms with Crippen molar-refractivity contribution >= 4 is 10.0 Å². The van der Waals surface area contributed by atoms with Crippen LogP contribution in [-0.2, 0) is 10.0 Å². The third-order valence-electron chi connectivity index (χ3n) is 4.46. The Balaban J connectivity index is 1.59. The van der Waals surface area contributed by atoms with Gasteiger partial charge in [0.25, 0.3) is 0 Å². The van der Waals surface area contributed by atoms with Gasteiger partial charge in [-0.3, -0.25) is 5.10 Å². The number of hydrogen-bond acceptors (Lipinski definition) is 4. The number of piperidine rings is 1. The van der Waals surface area contributed by atoms with Gasteiger partial charge >= 0.3 is 0 Å². The van der Waals surface area contributed by atoms with Crippen LogP contribution >= 0.6 is 0 Å². The standard InChI is InChI=1S/C17H23N3O3S/c1-13-17(14(2)19-18-13)24(21,22)20-10-8-15(9-11-20)12-23-16-6-4-3-5-7-16/h3-7,15H,8-12H2,1-2H3,(H,18,19). The van der Waals surface area contributed by atoms with E-state index in [2.05, 4.69) is 10.2 Å². The number of aromatic nitrogens is 2. The number of nitrogens with zero attached hydrogens (tertiary/aromatic N) is 2. The molecule has 2 heterocycles. The van der Waals surface area contributed by atoms with Gasteiger partial charge in [-0.2, -0.15) is 9.40 Å². The quantitative estimate of drug-likeness (QED) is 0.900. The molecule has 1 aliphatic heterocycles. The maximum Gasteiger partial charge on any atom is 0.246 e. The molecular weight excluding hydrogens is 326 g/mol. The van der Waals surface area contributed by atoms with Crippen molar-refractivity contribution in [3.8, 4) is 5.75 Å². The molecule has 0 unspecified atom stereocenters. The molecule has 7 heteroatoms. The van der Waals surface area contributed by atoms with Crippen molar-refractivity contribution in [2.45, 2.75) is 31.6 Å². The molecule has 0 bridgehead atoms. The molecule has 1 aromatic heterocycles. The summed E-state index contributed by atoms with van der Waals surface area (Å²) < 4.78 is 33.0. The highest BCUT2D eigenvalue weighted by atomic mass is 32.2. The molecule has 6 nitrogen and oxygen atoms in total. The summed E-state index contributed by atoms with van der Waals surface area (Å²) in [6, 6.07) is 9.71. The Bertz CT molecular complexity index is 759. The van der Waals surface area contributed by atoms with Crippen LogP contribution in [0.1, 0.15) is 24.2 Å². The first-order chi connectivity index (χ1) is 11.5. The zero-order valence-corrected chi connectivity index (χ0v) is 14.8. The zero-order chi connectivity index (χ0) is 17.2. The van der Waals surface area contributed by atoms with Crippen LogP contribution in [0.5, 0.6) is 5.75 Å². The Morgan fingerprint density at radius 3 is 2.46 bits per heavy atom. The summed E-state index contributed by atoms with van der Waals surface area (Å²) >= 11 is 0. The van der Waals surface area contributed by atoms with E-state index >= 15 is 0 Å². The summed E-state index contributed by atoms with van der Waals surface area (Å²) in [7, 11) is -3.47. The predicted octanol–water partition coefficient (Wildman–Crippen LogP) is 2.51. The number of benzene rings is 1. The van der Waals surface area contributed by atoms with Crippen molar-refractivity contribution in [3.05, 3.63) is 41.7 Å². The second-order valence-electron chi connectivity index (χ2n) is 6.23. The summed E-state index contributed by atoms with van der Waals surface area (Å²) in [5, 5.41) is 6.76. The smallest absolute Gasteiger partial charge is 0.246 e. The maximum absolute atomic E-state index is 12.8. The molecule has 3 rings (SSSR count). The average molecular weight is 349 g/mol. The molecule has 2 aromatic rings. The Morgan fingerprint density at radius 1 is 1.21 bits per heavy atom. The lowest BCUT2D eigenvalue weighted by Gasteiger charge is -2.31. The minimum absolute atomic E-state index is 0.321. The lowest BCUT2D eigenvalue weighted by molar-refractivity contribution is 0.185. The number of nitrogens with one attached hydrogen (secondary N) is 1. The Kier molecular flexibility index (Phi) is 4.91. The summed E-state index contributed by atoms with van der Waals surface area (Å²) in [5.74, 6) is 1.24. The van der Waals surface area contributed by atoms with E-state index in [4.69, 9.17) is 4.74 Å². The van der Waals surface area contributed by atoms with Gasteiger partial charge in [-0.1, -0.05) is 18.2 Å². The van der Waals surface area contributed by atoms with Gasteiger partial charge in [0.05, 0.1) is 18.0 Å². The van der Waals surface area contributed by atoms with E-state index in [-0.39, 0.29) is 0 Å². The molecule has 1 aromatic carbocycles. The molecule has 0 spiro atoms. The number of rotatable bonds is 5. The van der Waals surface area contributed by atoms with Gasteiger partial charge in [-0.15, -0.1) is 0 Å². The maximum atomic E-state index is 12.8.